The highest BCUT2D eigenvalue weighted by molar-refractivity contribution is 6.30. The van der Waals surface area contributed by atoms with Crippen LogP contribution in [0.15, 0.2) is 72.3 Å². The van der Waals surface area contributed by atoms with Crippen LogP contribution in [0.4, 0.5) is 0 Å². The summed E-state index contributed by atoms with van der Waals surface area (Å²) >= 11 is 6.06. The minimum atomic E-state index is 0.0520. The Balaban J connectivity index is 1.45. The molecule has 0 radical (unpaired) electrons. The lowest BCUT2D eigenvalue weighted by atomic mass is 10.0. The first-order chi connectivity index (χ1) is 15.5. The second-order valence-corrected chi connectivity index (χ2v) is 8.64. The van der Waals surface area contributed by atoms with Crippen molar-refractivity contribution in [3.05, 3.63) is 94.2 Å². The van der Waals surface area contributed by atoms with Crippen LogP contribution in [0, 0.1) is 6.92 Å². The fourth-order valence-corrected chi connectivity index (χ4v) is 4.68. The summed E-state index contributed by atoms with van der Waals surface area (Å²) in [4.78, 5) is 19.7. The predicted molar refractivity (Wildman–Crippen MR) is 126 cm³/mol. The van der Waals surface area contributed by atoms with Crippen molar-refractivity contribution in [1.29, 1.82) is 0 Å². The summed E-state index contributed by atoms with van der Waals surface area (Å²) in [5.41, 5.74) is 5.81. The van der Waals surface area contributed by atoms with Crippen molar-refractivity contribution in [1.82, 2.24) is 14.5 Å². The molecule has 1 unspecified atom stereocenters. The number of methoxy groups -OCH3 is 1. The van der Waals surface area contributed by atoms with Gasteiger partial charge in [0.05, 0.1) is 30.9 Å². The molecule has 0 N–H and O–H groups in total. The third-order valence-corrected chi connectivity index (χ3v) is 6.39. The molecule has 5 rings (SSSR count). The molecule has 3 aromatic rings. The molecule has 2 aliphatic rings. The fraction of sp³-hybridized carbons (Fsp3) is 0.231. The van der Waals surface area contributed by atoms with Crippen molar-refractivity contribution in [3.63, 3.8) is 0 Å². The SMILES string of the molecule is COc1cc(C=C2CC=C3CCC(c4ccc(Cl)cc4)N3C2=O)ccc1-n1cnc(C)c1. The van der Waals surface area contributed by atoms with Crippen LogP contribution in [0.25, 0.3) is 11.8 Å². The van der Waals surface area contributed by atoms with Gasteiger partial charge >= 0.3 is 0 Å². The molecule has 2 aromatic carbocycles. The topological polar surface area (TPSA) is 47.4 Å². The van der Waals surface area contributed by atoms with Gasteiger partial charge in [-0.25, -0.2) is 4.98 Å². The molecule has 3 heterocycles. The first-order valence-electron chi connectivity index (χ1n) is 10.7. The summed E-state index contributed by atoms with van der Waals surface area (Å²) in [6, 6.07) is 13.8. The van der Waals surface area contributed by atoms with Gasteiger partial charge in [0.25, 0.3) is 5.91 Å². The van der Waals surface area contributed by atoms with E-state index < -0.39 is 0 Å². The molecule has 1 saturated heterocycles. The number of carbonyl (C=O) groups is 1. The summed E-state index contributed by atoms with van der Waals surface area (Å²) in [6.07, 6.45) is 10.4. The molecule has 0 saturated carbocycles. The molecule has 0 bridgehead atoms. The van der Waals surface area contributed by atoms with Crippen LogP contribution >= 0.6 is 11.6 Å². The Morgan fingerprint density at radius 2 is 2.00 bits per heavy atom. The smallest absolute Gasteiger partial charge is 0.254 e. The Bertz CT molecular complexity index is 1240. The number of imidazole rings is 1. The lowest BCUT2D eigenvalue weighted by Crippen LogP contribution is -2.32. The van der Waals surface area contributed by atoms with E-state index in [4.69, 9.17) is 16.3 Å². The van der Waals surface area contributed by atoms with E-state index in [0.29, 0.717) is 11.4 Å². The Morgan fingerprint density at radius 1 is 1.19 bits per heavy atom. The average Bonchev–Trinajstić information content (AvgIpc) is 3.43. The van der Waals surface area contributed by atoms with E-state index in [1.165, 1.54) is 0 Å². The van der Waals surface area contributed by atoms with E-state index in [-0.39, 0.29) is 11.9 Å². The number of fused-ring (bicyclic) bond motifs is 1. The van der Waals surface area contributed by atoms with Crippen LogP contribution < -0.4 is 4.74 Å². The van der Waals surface area contributed by atoms with E-state index in [1.54, 1.807) is 13.4 Å². The number of ether oxygens (including phenoxy) is 1. The van der Waals surface area contributed by atoms with Crippen molar-refractivity contribution in [3.8, 4) is 11.4 Å². The molecule has 1 atom stereocenters. The first kappa shape index (κ1) is 20.6. The predicted octanol–water partition coefficient (Wildman–Crippen LogP) is 5.88. The van der Waals surface area contributed by atoms with Gasteiger partial charge in [-0.05, 0) is 67.7 Å². The highest BCUT2D eigenvalue weighted by Crippen LogP contribution is 2.42. The Labute approximate surface area is 192 Å². The average molecular weight is 446 g/mol. The highest BCUT2D eigenvalue weighted by atomic mass is 35.5. The maximum absolute atomic E-state index is 13.5. The summed E-state index contributed by atoms with van der Waals surface area (Å²) in [5, 5.41) is 0.705. The van der Waals surface area contributed by atoms with Gasteiger partial charge in [-0.2, -0.15) is 0 Å². The Hall–Kier alpha value is -3.31. The zero-order chi connectivity index (χ0) is 22.2. The maximum Gasteiger partial charge on any atom is 0.254 e. The van der Waals surface area contributed by atoms with Gasteiger partial charge in [-0.1, -0.05) is 35.9 Å². The number of allylic oxidation sites excluding steroid dienone is 2. The van der Waals surface area contributed by atoms with Gasteiger partial charge in [-0.15, -0.1) is 0 Å². The normalized spacial score (nSPS) is 19.3. The number of aromatic nitrogens is 2. The molecule has 2 aliphatic heterocycles. The Morgan fingerprint density at radius 3 is 2.72 bits per heavy atom. The van der Waals surface area contributed by atoms with Gasteiger partial charge < -0.3 is 14.2 Å². The van der Waals surface area contributed by atoms with Crippen molar-refractivity contribution >= 4 is 23.6 Å². The number of hydrogen-bond acceptors (Lipinski definition) is 3. The molecular weight excluding hydrogens is 422 g/mol. The molecule has 1 fully saturated rings. The second-order valence-electron chi connectivity index (χ2n) is 8.20. The van der Waals surface area contributed by atoms with Gasteiger partial charge in [0.1, 0.15) is 5.75 Å². The molecule has 0 spiro atoms. The van der Waals surface area contributed by atoms with Gasteiger partial charge in [-0.3, -0.25) is 4.79 Å². The second kappa shape index (κ2) is 8.32. The van der Waals surface area contributed by atoms with E-state index in [0.717, 1.165) is 52.4 Å². The van der Waals surface area contributed by atoms with Gasteiger partial charge in [0.2, 0.25) is 0 Å². The van der Waals surface area contributed by atoms with Crippen LogP contribution in [0.5, 0.6) is 5.75 Å². The number of aryl methyl sites for hydroxylation is 1. The molecule has 0 aliphatic carbocycles. The maximum atomic E-state index is 13.5. The number of hydrogen-bond donors (Lipinski definition) is 0. The molecule has 5 nitrogen and oxygen atoms in total. The van der Waals surface area contributed by atoms with Crippen LogP contribution in [0.3, 0.4) is 0 Å². The van der Waals surface area contributed by atoms with Gasteiger partial charge in [0, 0.05) is 22.5 Å². The van der Waals surface area contributed by atoms with Crippen LogP contribution in [-0.4, -0.2) is 27.5 Å². The number of benzene rings is 2. The number of carbonyl (C=O) groups excluding carboxylic acids is 1. The number of nitrogens with zero attached hydrogens (tertiary/aromatic N) is 3. The molecular formula is C26H24ClN3O2. The van der Waals surface area contributed by atoms with Crippen LogP contribution in [0.1, 0.15) is 42.1 Å². The third kappa shape index (κ3) is 3.73. The van der Waals surface area contributed by atoms with Crippen molar-refractivity contribution in [2.24, 2.45) is 0 Å². The van der Waals surface area contributed by atoms with E-state index in [2.05, 4.69) is 11.1 Å². The monoisotopic (exact) mass is 445 g/mol. The summed E-state index contributed by atoms with van der Waals surface area (Å²) in [6.45, 7) is 1.95. The first-order valence-corrected chi connectivity index (χ1v) is 11.1. The Kier molecular flexibility index (Phi) is 5.35. The zero-order valence-corrected chi connectivity index (χ0v) is 18.8. The van der Waals surface area contributed by atoms with E-state index in [9.17, 15) is 4.79 Å². The largest absolute Gasteiger partial charge is 0.495 e. The highest BCUT2D eigenvalue weighted by Gasteiger charge is 2.37. The number of amides is 1. The molecule has 162 valence electrons. The fourth-order valence-electron chi connectivity index (χ4n) is 4.55. The lowest BCUT2D eigenvalue weighted by molar-refractivity contribution is -0.126. The quantitative estimate of drug-likeness (QED) is 0.471. The summed E-state index contributed by atoms with van der Waals surface area (Å²) in [5.74, 6) is 0.810. The standard InChI is InChI=1S/C26H24ClN3O2/c1-17-15-29(16-28-17)24-11-3-18(14-25(24)32-2)13-20-6-9-22-10-12-23(30(22)26(20)31)19-4-7-21(27)8-5-19/h3-5,7-9,11,13-16,23H,6,10,12H2,1-2H3. The van der Waals surface area contributed by atoms with E-state index in [1.807, 2.05) is 71.1 Å². The zero-order valence-electron chi connectivity index (χ0n) is 18.1. The lowest BCUT2D eigenvalue weighted by Gasteiger charge is -2.30. The number of rotatable bonds is 4. The van der Waals surface area contributed by atoms with Gasteiger partial charge in [0.15, 0.2) is 0 Å². The molecule has 32 heavy (non-hydrogen) atoms. The summed E-state index contributed by atoms with van der Waals surface area (Å²) < 4.78 is 7.56. The molecule has 1 aromatic heterocycles. The van der Waals surface area contributed by atoms with Crippen molar-refractivity contribution < 1.29 is 9.53 Å². The van der Waals surface area contributed by atoms with Crippen molar-refractivity contribution in [2.45, 2.75) is 32.2 Å². The number of halogens is 1. The minimum Gasteiger partial charge on any atom is -0.495 e. The molecule has 1 amide bonds. The van der Waals surface area contributed by atoms with Crippen LogP contribution in [0.2, 0.25) is 5.02 Å². The van der Waals surface area contributed by atoms with Crippen molar-refractivity contribution in [2.75, 3.05) is 7.11 Å². The summed E-state index contributed by atoms with van der Waals surface area (Å²) in [7, 11) is 1.65. The molecule has 6 heteroatoms. The van der Waals surface area contributed by atoms with E-state index >= 15 is 0 Å². The minimum absolute atomic E-state index is 0.0520. The van der Waals surface area contributed by atoms with Crippen LogP contribution in [-0.2, 0) is 4.79 Å². The third-order valence-electron chi connectivity index (χ3n) is 6.14.